The van der Waals surface area contributed by atoms with Crippen LogP contribution in [0.3, 0.4) is 0 Å². The third kappa shape index (κ3) is 3.45. The molecule has 1 aliphatic carbocycles. The summed E-state index contributed by atoms with van der Waals surface area (Å²) in [6, 6.07) is 7.33. The van der Waals surface area contributed by atoms with E-state index in [1.165, 1.54) is 6.42 Å². The average Bonchev–Trinajstić information content (AvgIpc) is 2.46. The van der Waals surface area contributed by atoms with E-state index in [2.05, 4.69) is 17.5 Å². The molecule has 0 aromatic heterocycles. The number of rotatable bonds is 3. The maximum atomic E-state index is 12.0. The first-order valence-electron chi connectivity index (χ1n) is 7.19. The van der Waals surface area contributed by atoms with E-state index in [4.69, 9.17) is 0 Å². The van der Waals surface area contributed by atoms with Gasteiger partial charge in [0.25, 0.3) is 5.91 Å². The largest absolute Gasteiger partial charge is 0.378 e. The Balaban J connectivity index is 2.01. The molecule has 1 aliphatic rings. The van der Waals surface area contributed by atoms with E-state index in [1.807, 2.05) is 25.1 Å². The molecule has 1 fully saturated rings. The zero-order valence-corrected chi connectivity index (χ0v) is 12.1. The standard InChI is InChI=1S/C16H22N2O2/c1-11-7-3-5-9-13(11)15(19)16(20)18-17-14-10-6-4-8-12(14)2/h3,5,7,9,12,15,19H,4,6,8,10H2,1-2H3,(H,18,20). The second-order valence-electron chi connectivity index (χ2n) is 5.49. The number of nitrogens with zero attached hydrogens (tertiary/aromatic N) is 1. The highest BCUT2D eigenvalue weighted by Crippen LogP contribution is 2.21. The topological polar surface area (TPSA) is 61.7 Å². The van der Waals surface area contributed by atoms with Gasteiger partial charge < -0.3 is 5.11 Å². The number of benzene rings is 1. The van der Waals surface area contributed by atoms with Gasteiger partial charge in [0.05, 0.1) is 0 Å². The lowest BCUT2D eigenvalue weighted by molar-refractivity contribution is -0.129. The van der Waals surface area contributed by atoms with Crippen LogP contribution in [-0.2, 0) is 4.79 Å². The number of aryl methyl sites for hydroxylation is 1. The van der Waals surface area contributed by atoms with Gasteiger partial charge in [-0.1, -0.05) is 37.6 Å². The van der Waals surface area contributed by atoms with E-state index in [-0.39, 0.29) is 0 Å². The molecule has 1 aromatic rings. The van der Waals surface area contributed by atoms with E-state index in [9.17, 15) is 9.90 Å². The molecule has 1 aromatic carbocycles. The molecule has 2 N–H and O–H groups in total. The predicted molar refractivity (Wildman–Crippen MR) is 79.3 cm³/mol. The Bertz CT molecular complexity index is 511. The minimum Gasteiger partial charge on any atom is -0.378 e. The first-order chi connectivity index (χ1) is 9.59. The number of hydrogen-bond acceptors (Lipinski definition) is 3. The summed E-state index contributed by atoms with van der Waals surface area (Å²) in [5.74, 6) is -0.0516. The fourth-order valence-corrected chi connectivity index (χ4v) is 2.56. The van der Waals surface area contributed by atoms with Crippen LogP contribution in [0, 0.1) is 12.8 Å². The van der Waals surface area contributed by atoms with Crippen molar-refractivity contribution in [3.05, 3.63) is 35.4 Å². The van der Waals surface area contributed by atoms with Gasteiger partial charge in [-0.25, -0.2) is 5.43 Å². The molecule has 108 valence electrons. The summed E-state index contributed by atoms with van der Waals surface area (Å²) < 4.78 is 0. The summed E-state index contributed by atoms with van der Waals surface area (Å²) in [7, 11) is 0. The monoisotopic (exact) mass is 274 g/mol. The molecule has 0 saturated heterocycles. The van der Waals surface area contributed by atoms with Gasteiger partial charge in [-0.15, -0.1) is 0 Å². The van der Waals surface area contributed by atoms with Gasteiger partial charge in [-0.3, -0.25) is 4.79 Å². The Morgan fingerprint density at radius 2 is 2.15 bits per heavy atom. The average molecular weight is 274 g/mol. The van der Waals surface area contributed by atoms with E-state index in [0.717, 1.165) is 30.5 Å². The number of amides is 1. The quantitative estimate of drug-likeness (QED) is 0.832. The number of hydrogen-bond donors (Lipinski definition) is 2. The van der Waals surface area contributed by atoms with Crippen molar-refractivity contribution in [2.24, 2.45) is 11.0 Å². The highest BCUT2D eigenvalue weighted by molar-refractivity contribution is 5.89. The molecule has 1 saturated carbocycles. The third-order valence-electron chi connectivity index (χ3n) is 3.93. The van der Waals surface area contributed by atoms with Crippen LogP contribution in [0.1, 0.15) is 49.8 Å². The molecular formula is C16H22N2O2. The molecule has 2 unspecified atom stereocenters. The normalized spacial score (nSPS) is 22.6. The first-order valence-corrected chi connectivity index (χ1v) is 7.19. The SMILES string of the molecule is Cc1ccccc1C(O)C(=O)NN=C1CCCCC1C. The molecule has 2 rings (SSSR count). The lowest BCUT2D eigenvalue weighted by Gasteiger charge is -2.20. The molecule has 0 spiro atoms. The van der Waals surface area contributed by atoms with Gasteiger partial charge in [0.1, 0.15) is 0 Å². The molecule has 4 heteroatoms. The fourth-order valence-electron chi connectivity index (χ4n) is 2.56. The van der Waals surface area contributed by atoms with E-state index in [1.54, 1.807) is 6.07 Å². The molecule has 2 atom stereocenters. The molecule has 1 amide bonds. The Morgan fingerprint density at radius 1 is 1.40 bits per heavy atom. The second-order valence-corrected chi connectivity index (χ2v) is 5.49. The van der Waals surface area contributed by atoms with Crippen LogP contribution in [0.15, 0.2) is 29.4 Å². The minimum absolute atomic E-state index is 0.416. The number of hydrazone groups is 1. The fraction of sp³-hybridized carbons (Fsp3) is 0.500. The van der Waals surface area contributed by atoms with Crippen molar-refractivity contribution in [1.82, 2.24) is 5.43 Å². The summed E-state index contributed by atoms with van der Waals surface area (Å²) >= 11 is 0. The molecule has 0 radical (unpaired) electrons. The van der Waals surface area contributed by atoms with Crippen LogP contribution in [0.4, 0.5) is 0 Å². The summed E-state index contributed by atoms with van der Waals surface area (Å²) in [4.78, 5) is 12.0. The lowest BCUT2D eigenvalue weighted by atomic mass is 9.89. The van der Waals surface area contributed by atoms with Crippen molar-refractivity contribution in [2.75, 3.05) is 0 Å². The zero-order valence-electron chi connectivity index (χ0n) is 12.1. The Hall–Kier alpha value is -1.68. The van der Waals surface area contributed by atoms with Crippen LogP contribution in [0.2, 0.25) is 0 Å². The van der Waals surface area contributed by atoms with E-state index in [0.29, 0.717) is 11.5 Å². The van der Waals surface area contributed by atoms with Crippen molar-refractivity contribution >= 4 is 11.6 Å². The number of carbonyl (C=O) groups excluding carboxylic acids is 1. The third-order valence-corrected chi connectivity index (χ3v) is 3.93. The Kier molecular flexibility index (Phi) is 4.90. The maximum absolute atomic E-state index is 12.0. The number of nitrogens with one attached hydrogen (secondary N) is 1. The van der Waals surface area contributed by atoms with Crippen LogP contribution in [0.25, 0.3) is 0 Å². The van der Waals surface area contributed by atoms with Crippen LogP contribution in [-0.4, -0.2) is 16.7 Å². The Morgan fingerprint density at radius 3 is 2.85 bits per heavy atom. The highest BCUT2D eigenvalue weighted by atomic mass is 16.3. The summed E-state index contributed by atoms with van der Waals surface area (Å²) in [6.07, 6.45) is 3.23. The maximum Gasteiger partial charge on any atom is 0.273 e. The summed E-state index contributed by atoms with van der Waals surface area (Å²) in [6.45, 7) is 4.00. The van der Waals surface area contributed by atoms with Crippen molar-refractivity contribution in [2.45, 2.75) is 45.6 Å². The van der Waals surface area contributed by atoms with Gasteiger partial charge in [0.15, 0.2) is 6.10 Å². The molecular weight excluding hydrogens is 252 g/mol. The van der Waals surface area contributed by atoms with E-state index < -0.39 is 12.0 Å². The highest BCUT2D eigenvalue weighted by Gasteiger charge is 2.20. The van der Waals surface area contributed by atoms with Crippen molar-refractivity contribution in [3.8, 4) is 0 Å². The molecule has 4 nitrogen and oxygen atoms in total. The number of carbonyl (C=O) groups is 1. The summed E-state index contributed by atoms with van der Waals surface area (Å²) in [5, 5.41) is 14.3. The van der Waals surface area contributed by atoms with Crippen LogP contribution >= 0.6 is 0 Å². The van der Waals surface area contributed by atoms with Gasteiger partial charge in [0.2, 0.25) is 0 Å². The summed E-state index contributed by atoms with van der Waals surface area (Å²) in [5.41, 5.74) is 5.06. The Labute approximate surface area is 119 Å². The minimum atomic E-state index is -1.17. The lowest BCUT2D eigenvalue weighted by Crippen LogP contribution is -2.28. The van der Waals surface area contributed by atoms with Gasteiger partial charge >= 0.3 is 0 Å². The van der Waals surface area contributed by atoms with Crippen molar-refractivity contribution in [1.29, 1.82) is 0 Å². The van der Waals surface area contributed by atoms with Crippen LogP contribution in [0.5, 0.6) is 0 Å². The zero-order chi connectivity index (χ0) is 14.5. The predicted octanol–water partition coefficient (Wildman–Crippen LogP) is 2.71. The van der Waals surface area contributed by atoms with Gasteiger partial charge in [-0.05, 0) is 43.2 Å². The number of aliphatic hydroxyl groups excluding tert-OH is 1. The smallest absolute Gasteiger partial charge is 0.273 e. The second kappa shape index (κ2) is 6.66. The first kappa shape index (κ1) is 14.7. The van der Waals surface area contributed by atoms with Crippen molar-refractivity contribution in [3.63, 3.8) is 0 Å². The van der Waals surface area contributed by atoms with Crippen molar-refractivity contribution < 1.29 is 9.90 Å². The molecule has 0 aliphatic heterocycles. The van der Waals surface area contributed by atoms with Gasteiger partial charge in [-0.2, -0.15) is 5.10 Å². The van der Waals surface area contributed by atoms with Crippen LogP contribution < -0.4 is 5.43 Å². The molecule has 0 heterocycles. The molecule has 0 bridgehead atoms. The molecule has 20 heavy (non-hydrogen) atoms. The number of aliphatic hydroxyl groups is 1. The van der Waals surface area contributed by atoms with Gasteiger partial charge in [0, 0.05) is 5.71 Å². The van der Waals surface area contributed by atoms with E-state index >= 15 is 0 Å².